The summed E-state index contributed by atoms with van der Waals surface area (Å²) in [5, 5.41) is 3.06. The molecule has 0 spiro atoms. The molecule has 0 bridgehead atoms. The maximum atomic E-state index is 12.5. The van der Waals surface area contributed by atoms with Crippen LogP contribution in [0.15, 0.2) is 24.5 Å². The number of carbonyl (C=O) groups excluding carboxylic acids is 2. The van der Waals surface area contributed by atoms with Crippen LogP contribution < -0.4 is 11.1 Å². The van der Waals surface area contributed by atoms with Gasteiger partial charge in [-0.3, -0.25) is 14.6 Å². The molecule has 3 N–H and O–H groups in total. The molecule has 24 heavy (non-hydrogen) atoms. The lowest BCUT2D eigenvalue weighted by Gasteiger charge is -2.33. The molecular formula is C18H28N4O2. The van der Waals surface area contributed by atoms with Gasteiger partial charge in [0.2, 0.25) is 5.91 Å². The number of nitrogens with zero attached hydrogens (tertiary/aromatic N) is 2. The lowest BCUT2D eigenvalue weighted by molar-refractivity contribution is -0.127. The zero-order valence-electron chi connectivity index (χ0n) is 14.6. The summed E-state index contributed by atoms with van der Waals surface area (Å²) in [6, 6.07) is 3.42. The van der Waals surface area contributed by atoms with Gasteiger partial charge in [-0.05, 0) is 37.3 Å². The standard InChI is InChI=1S/C18H28N4O2/c1-13(2)10-16(11-19)21-17(23)15-4-3-9-22(12-15)18(24)14-5-7-20-8-6-14/h5-8,13,15-16H,3-4,9-12,19H2,1-2H3,(H,21,23). The van der Waals surface area contributed by atoms with E-state index in [1.807, 2.05) is 0 Å². The number of carbonyl (C=O) groups is 2. The van der Waals surface area contributed by atoms with Crippen molar-refractivity contribution in [3.8, 4) is 0 Å². The summed E-state index contributed by atoms with van der Waals surface area (Å²) in [6.07, 6.45) is 5.74. The van der Waals surface area contributed by atoms with Crippen molar-refractivity contribution in [2.24, 2.45) is 17.6 Å². The van der Waals surface area contributed by atoms with Crippen molar-refractivity contribution in [1.29, 1.82) is 0 Å². The van der Waals surface area contributed by atoms with Gasteiger partial charge in [-0.1, -0.05) is 13.8 Å². The molecule has 0 radical (unpaired) electrons. The van der Waals surface area contributed by atoms with Crippen molar-refractivity contribution in [1.82, 2.24) is 15.2 Å². The van der Waals surface area contributed by atoms with Crippen LogP contribution in [0.1, 0.15) is 43.5 Å². The van der Waals surface area contributed by atoms with Crippen LogP contribution in [0.4, 0.5) is 0 Å². The minimum Gasteiger partial charge on any atom is -0.352 e. The molecule has 1 aliphatic heterocycles. The largest absolute Gasteiger partial charge is 0.352 e. The van der Waals surface area contributed by atoms with E-state index in [0.29, 0.717) is 31.1 Å². The molecule has 2 heterocycles. The van der Waals surface area contributed by atoms with Crippen molar-refractivity contribution in [2.75, 3.05) is 19.6 Å². The average Bonchev–Trinajstić information content (AvgIpc) is 2.60. The number of nitrogens with two attached hydrogens (primary N) is 1. The third-order valence-electron chi connectivity index (χ3n) is 4.39. The Bertz CT molecular complexity index is 547. The highest BCUT2D eigenvalue weighted by Crippen LogP contribution is 2.19. The van der Waals surface area contributed by atoms with E-state index >= 15 is 0 Å². The summed E-state index contributed by atoms with van der Waals surface area (Å²) < 4.78 is 0. The quantitative estimate of drug-likeness (QED) is 0.825. The normalized spacial score (nSPS) is 19.2. The van der Waals surface area contributed by atoms with Crippen molar-refractivity contribution < 1.29 is 9.59 Å². The zero-order chi connectivity index (χ0) is 17.5. The van der Waals surface area contributed by atoms with Crippen LogP contribution in [0.3, 0.4) is 0 Å². The summed E-state index contributed by atoms with van der Waals surface area (Å²) in [5.74, 6) is 0.298. The second-order valence-electron chi connectivity index (χ2n) is 6.90. The number of pyridine rings is 1. The van der Waals surface area contributed by atoms with E-state index in [1.54, 1.807) is 29.4 Å². The molecule has 1 aromatic rings. The number of aromatic nitrogens is 1. The monoisotopic (exact) mass is 332 g/mol. The molecule has 6 heteroatoms. The van der Waals surface area contributed by atoms with Crippen LogP contribution in [0.5, 0.6) is 0 Å². The summed E-state index contributed by atoms with van der Waals surface area (Å²) in [7, 11) is 0. The maximum Gasteiger partial charge on any atom is 0.253 e. The Morgan fingerprint density at radius 2 is 2.08 bits per heavy atom. The van der Waals surface area contributed by atoms with E-state index in [0.717, 1.165) is 19.3 Å². The summed E-state index contributed by atoms with van der Waals surface area (Å²) in [6.45, 7) is 5.83. The van der Waals surface area contributed by atoms with Gasteiger partial charge in [0.05, 0.1) is 5.92 Å². The topological polar surface area (TPSA) is 88.3 Å². The summed E-state index contributed by atoms with van der Waals surface area (Å²) >= 11 is 0. The predicted octanol–water partition coefficient (Wildman–Crippen LogP) is 1.42. The highest BCUT2D eigenvalue weighted by Gasteiger charge is 2.29. The van der Waals surface area contributed by atoms with E-state index in [1.165, 1.54) is 0 Å². The van der Waals surface area contributed by atoms with Crippen molar-refractivity contribution in [3.05, 3.63) is 30.1 Å². The molecule has 6 nitrogen and oxygen atoms in total. The maximum absolute atomic E-state index is 12.5. The first-order valence-electron chi connectivity index (χ1n) is 8.71. The first-order valence-corrected chi connectivity index (χ1v) is 8.71. The zero-order valence-corrected chi connectivity index (χ0v) is 14.6. The molecule has 1 aliphatic rings. The fourth-order valence-corrected chi connectivity index (χ4v) is 3.15. The minimum absolute atomic E-state index is 0.00350. The Morgan fingerprint density at radius 1 is 1.38 bits per heavy atom. The third-order valence-corrected chi connectivity index (χ3v) is 4.39. The Labute approximate surface area is 143 Å². The van der Waals surface area contributed by atoms with Gasteiger partial charge in [-0.2, -0.15) is 0 Å². The lowest BCUT2D eigenvalue weighted by Crippen LogP contribution is -2.49. The molecule has 132 valence electrons. The lowest BCUT2D eigenvalue weighted by atomic mass is 9.95. The van der Waals surface area contributed by atoms with Crippen LogP contribution in [0.25, 0.3) is 0 Å². The van der Waals surface area contributed by atoms with Gasteiger partial charge in [-0.15, -0.1) is 0 Å². The number of piperidine rings is 1. The van der Waals surface area contributed by atoms with E-state index in [4.69, 9.17) is 5.73 Å². The summed E-state index contributed by atoms with van der Waals surface area (Å²) in [5.41, 5.74) is 6.38. The van der Waals surface area contributed by atoms with E-state index in [9.17, 15) is 9.59 Å². The molecule has 1 saturated heterocycles. The highest BCUT2D eigenvalue weighted by atomic mass is 16.2. The second-order valence-corrected chi connectivity index (χ2v) is 6.90. The fourth-order valence-electron chi connectivity index (χ4n) is 3.15. The number of likely N-dealkylation sites (tertiary alicyclic amines) is 1. The van der Waals surface area contributed by atoms with Crippen LogP contribution in [-0.4, -0.2) is 47.4 Å². The van der Waals surface area contributed by atoms with E-state index < -0.39 is 0 Å². The van der Waals surface area contributed by atoms with E-state index in [2.05, 4.69) is 24.1 Å². The number of hydrogen-bond acceptors (Lipinski definition) is 4. The summed E-state index contributed by atoms with van der Waals surface area (Å²) in [4.78, 5) is 30.8. The average molecular weight is 332 g/mol. The molecular weight excluding hydrogens is 304 g/mol. The van der Waals surface area contributed by atoms with Gasteiger partial charge in [0, 0.05) is 43.6 Å². The Hall–Kier alpha value is -1.95. The van der Waals surface area contributed by atoms with Crippen LogP contribution in [-0.2, 0) is 4.79 Å². The van der Waals surface area contributed by atoms with E-state index in [-0.39, 0.29) is 23.8 Å². The molecule has 2 atom stereocenters. The Balaban J connectivity index is 1.94. The van der Waals surface area contributed by atoms with Gasteiger partial charge in [0.1, 0.15) is 0 Å². The Morgan fingerprint density at radius 3 is 2.71 bits per heavy atom. The molecule has 0 aliphatic carbocycles. The van der Waals surface area contributed by atoms with Crippen LogP contribution in [0.2, 0.25) is 0 Å². The smallest absolute Gasteiger partial charge is 0.253 e. The minimum atomic E-state index is -0.161. The van der Waals surface area contributed by atoms with Gasteiger partial charge in [0.15, 0.2) is 0 Å². The molecule has 2 rings (SSSR count). The third kappa shape index (κ3) is 5.03. The molecule has 0 saturated carbocycles. The molecule has 1 aromatic heterocycles. The fraction of sp³-hybridized carbons (Fsp3) is 0.611. The van der Waals surface area contributed by atoms with Crippen molar-refractivity contribution in [2.45, 2.75) is 39.2 Å². The van der Waals surface area contributed by atoms with Crippen molar-refractivity contribution >= 4 is 11.8 Å². The van der Waals surface area contributed by atoms with Crippen LogP contribution >= 0.6 is 0 Å². The highest BCUT2D eigenvalue weighted by molar-refractivity contribution is 5.94. The molecule has 2 unspecified atom stereocenters. The van der Waals surface area contributed by atoms with Gasteiger partial charge < -0.3 is 16.0 Å². The number of nitrogens with one attached hydrogen (secondary N) is 1. The number of hydrogen-bond donors (Lipinski definition) is 2. The number of amides is 2. The SMILES string of the molecule is CC(C)CC(CN)NC(=O)C1CCCN(C(=O)c2ccncc2)C1. The van der Waals surface area contributed by atoms with Gasteiger partial charge in [0.25, 0.3) is 5.91 Å². The van der Waals surface area contributed by atoms with Crippen molar-refractivity contribution in [3.63, 3.8) is 0 Å². The Kier molecular flexibility index (Phi) is 6.73. The predicted molar refractivity (Wildman–Crippen MR) is 93.3 cm³/mol. The van der Waals surface area contributed by atoms with Gasteiger partial charge >= 0.3 is 0 Å². The second kappa shape index (κ2) is 8.78. The van der Waals surface area contributed by atoms with Gasteiger partial charge in [-0.25, -0.2) is 0 Å². The molecule has 0 aromatic carbocycles. The molecule has 2 amide bonds. The molecule has 1 fully saturated rings. The first kappa shape index (κ1) is 18.4. The first-order chi connectivity index (χ1) is 11.5. The van der Waals surface area contributed by atoms with Crippen LogP contribution in [0, 0.1) is 11.8 Å². The number of rotatable bonds is 6.